The van der Waals surface area contributed by atoms with E-state index in [0.29, 0.717) is 19.4 Å². The Labute approximate surface area is 149 Å². The van der Waals surface area contributed by atoms with Crippen LogP contribution in [0.25, 0.3) is 0 Å². The lowest BCUT2D eigenvalue weighted by molar-refractivity contribution is -0.148. The van der Waals surface area contributed by atoms with E-state index in [0.717, 1.165) is 37.2 Å². The first kappa shape index (κ1) is 19.3. The molecule has 1 saturated carbocycles. The van der Waals surface area contributed by atoms with Crippen LogP contribution >= 0.6 is 0 Å². The minimum Gasteiger partial charge on any atom is -0.494 e. The normalized spacial score (nSPS) is 20.0. The molecule has 2 rings (SSSR count). The van der Waals surface area contributed by atoms with Gasteiger partial charge in [-0.3, -0.25) is 9.59 Å². The topological polar surface area (TPSA) is 75.6 Å². The Bertz CT molecular complexity index is 555. The maximum atomic E-state index is 12.4. The second-order valence-corrected chi connectivity index (χ2v) is 6.75. The molecule has 138 valence electrons. The fraction of sp³-hybridized carbons (Fsp3) is 0.600. The predicted octanol–water partition coefficient (Wildman–Crippen LogP) is 3.76. The van der Waals surface area contributed by atoms with Gasteiger partial charge in [-0.2, -0.15) is 0 Å². The molecule has 2 N–H and O–H groups in total. The average molecular weight is 347 g/mol. The number of hydrogen-bond donors (Lipinski definition) is 2. The number of carbonyl (C=O) groups is 2. The molecule has 1 aliphatic carbocycles. The van der Waals surface area contributed by atoms with E-state index in [1.807, 2.05) is 24.3 Å². The Morgan fingerprint density at radius 1 is 1.12 bits per heavy atom. The van der Waals surface area contributed by atoms with E-state index < -0.39 is 17.8 Å². The zero-order valence-corrected chi connectivity index (χ0v) is 15.0. The number of carboxylic acids is 1. The molecule has 0 radical (unpaired) electrons. The highest BCUT2D eigenvalue weighted by molar-refractivity contribution is 5.84. The number of rotatable bonds is 9. The highest BCUT2D eigenvalue weighted by atomic mass is 16.5. The standard InChI is InChI=1S/C20H29NO4/c1-2-3-6-13-25-16-11-9-15(10-12-16)14-21-19(22)17-7-4-5-8-18(17)20(23)24/h9-12,17-18H,2-8,13-14H2,1H3,(H,21,22)(H,23,24). The molecule has 1 aromatic carbocycles. The lowest BCUT2D eigenvalue weighted by atomic mass is 9.78. The van der Waals surface area contributed by atoms with Gasteiger partial charge in [-0.05, 0) is 37.0 Å². The van der Waals surface area contributed by atoms with E-state index >= 15 is 0 Å². The lowest BCUT2D eigenvalue weighted by Gasteiger charge is -2.27. The van der Waals surface area contributed by atoms with Crippen LogP contribution in [0.3, 0.4) is 0 Å². The van der Waals surface area contributed by atoms with Crippen LogP contribution in [0, 0.1) is 11.8 Å². The third-order valence-electron chi connectivity index (χ3n) is 4.83. The van der Waals surface area contributed by atoms with Gasteiger partial charge in [-0.15, -0.1) is 0 Å². The summed E-state index contributed by atoms with van der Waals surface area (Å²) in [7, 11) is 0. The number of nitrogens with one attached hydrogen (secondary N) is 1. The van der Waals surface area contributed by atoms with Crippen molar-refractivity contribution in [2.45, 2.75) is 58.4 Å². The van der Waals surface area contributed by atoms with Gasteiger partial charge >= 0.3 is 5.97 Å². The molecule has 5 nitrogen and oxygen atoms in total. The fourth-order valence-electron chi connectivity index (χ4n) is 3.31. The second kappa shape index (κ2) is 10.1. The third kappa shape index (κ3) is 6.07. The Morgan fingerprint density at radius 3 is 2.44 bits per heavy atom. The van der Waals surface area contributed by atoms with Crippen LogP contribution in [0.4, 0.5) is 0 Å². The minimum atomic E-state index is -0.857. The predicted molar refractivity (Wildman–Crippen MR) is 96.4 cm³/mol. The summed E-state index contributed by atoms with van der Waals surface area (Å²) in [5.74, 6) is -1.12. The van der Waals surface area contributed by atoms with Crippen LogP contribution in [-0.2, 0) is 16.1 Å². The van der Waals surface area contributed by atoms with Crippen molar-refractivity contribution in [2.75, 3.05) is 6.61 Å². The number of carbonyl (C=O) groups excluding carboxylic acids is 1. The average Bonchev–Trinajstić information content (AvgIpc) is 2.64. The summed E-state index contributed by atoms with van der Waals surface area (Å²) >= 11 is 0. The van der Waals surface area contributed by atoms with Crippen LogP contribution in [0.5, 0.6) is 5.75 Å². The molecular formula is C20H29NO4. The van der Waals surface area contributed by atoms with Gasteiger partial charge in [0, 0.05) is 6.54 Å². The zero-order valence-electron chi connectivity index (χ0n) is 15.0. The highest BCUT2D eigenvalue weighted by Gasteiger charge is 2.35. The van der Waals surface area contributed by atoms with Crippen molar-refractivity contribution in [1.82, 2.24) is 5.32 Å². The van der Waals surface area contributed by atoms with Gasteiger partial charge in [0.05, 0.1) is 18.4 Å². The van der Waals surface area contributed by atoms with Crippen molar-refractivity contribution < 1.29 is 19.4 Å². The third-order valence-corrected chi connectivity index (χ3v) is 4.83. The van der Waals surface area contributed by atoms with E-state index in [-0.39, 0.29) is 5.91 Å². The monoisotopic (exact) mass is 347 g/mol. The summed E-state index contributed by atoms with van der Waals surface area (Å²) in [6.07, 6.45) is 6.46. The molecule has 0 aromatic heterocycles. The van der Waals surface area contributed by atoms with Crippen molar-refractivity contribution in [2.24, 2.45) is 11.8 Å². The molecule has 1 aliphatic rings. The lowest BCUT2D eigenvalue weighted by Crippen LogP contribution is -2.39. The molecule has 0 bridgehead atoms. The molecular weight excluding hydrogens is 318 g/mol. The molecule has 0 aliphatic heterocycles. The summed E-state index contributed by atoms with van der Waals surface area (Å²) in [4.78, 5) is 23.7. The van der Waals surface area contributed by atoms with Crippen LogP contribution in [-0.4, -0.2) is 23.6 Å². The molecule has 1 fully saturated rings. The summed E-state index contributed by atoms with van der Waals surface area (Å²) in [6, 6.07) is 7.69. The number of benzene rings is 1. The number of hydrogen-bond acceptors (Lipinski definition) is 3. The molecule has 2 atom stereocenters. The number of ether oxygens (including phenoxy) is 1. The van der Waals surface area contributed by atoms with Crippen LogP contribution in [0.1, 0.15) is 57.4 Å². The van der Waals surface area contributed by atoms with E-state index in [4.69, 9.17) is 4.74 Å². The maximum Gasteiger partial charge on any atom is 0.307 e. The summed E-state index contributed by atoms with van der Waals surface area (Å²) in [5, 5.41) is 12.2. The van der Waals surface area contributed by atoms with Crippen molar-refractivity contribution in [1.29, 1.82) is 0 Å². The van der Waals surface area contributed by atoms with E-state index in [9.17, 15) is 14.7 Å². The molecule has 5 heteroatoms. The zero-order chi connectivity index (χ0) is 18.1. The number of unbranched alkanes of at least 4 members (excludes halogenated alkanes) is 2. The minimum absolute atomic E-state index is 0.146. The SMILES string of the molecule is CCCCCOc1ccc(CNC(=O)C2CCCCC2C(=O)O)cc1. The van der Waals surface area contributed by atoms with Gasteiger partial charge in [0.15, 0.2) is 0 Å². The Hall–Kier alpha value is -2.04. The molecule has 0 spiro atoms. The first-order valence-electron chi connectivity index (χ1n) is 9.34. The van der Waals surface area contributed by atoms with E-state index in [1.165, 1.54) is 12.8 Å². The molecule has 25 heavy (non-hydrogen) atoms. The first-order valence-corrected chi connectivity index (χ1v) is 9.34. The van der Waals surface area contributed by atoms with Gasteiger partial charge in [-0.25, -0.2) is 0 Å². The second-order valence-electron chi connectivity index (χ2n) is 6.75. The van der Waals surface area contributed by atoms with Crippen LogP contribution < -0.4 is 10.1 Å². The fourth-order valence-corrected chi connectivity index (χ4v) is 3.31. The van der Waals surface area contributed by atoms with Gasteiger partial charge in [-0.1, -0.05) is 44.7 Å². The molecule has 1 amide bonds. The van der Waals surface area contributed by atoms with Crippen molar-refractivity contribution in [3.05, 3.63) is 29.8 Å². The summed E-state index contributed by atoms with van der Waals surface area (Å²) < 4.78 is 5.67. The van der Waals surface area contributed by atoms with Crippen molar-refractivity contribution >= 4 is 11.9 Å². The largest absolute Gasteiger partial charge is 0.494 e. The van der Waals surface area contributed by atoms with E-state index in [1.54, 1.807) is 0 Å². The Morgan fingerprint density at radius 2 is 1.80 bits per heavy atom. The molecule has 2 unspecified atom stereocenters. The number of aliphatic carboxylic acids is 1. The quantitative estimate of drug-likeness (QED) is 0.667. The van der Waals surface area contributed by atoms with E-state index in [2.05, 4.69) is 12.2 Å². The van der Waals surface area contributed by atoms with Gasteiger partial charge in [0.25, 0.3) is 0 Å². The van der Waals surface area contributed by atoms with Gasteiger partial charge in [0.2, 0.25) is 5.91 Å². The first-order chi connectivity index (χ1) is 12.1. The Kier molecular flexibility index (Phi) is 7.76. The molecule has 1 aromatic rings. The van der Waals surface area contributed by atoms with Crippen molar-refractivity contribution in [3.8, 4) is 5.75 Å². The van der Waals surface area contributed by atoms with Crippen molar-refractivity contribution in [3.63, 3.8) is 0 Å². The summed E-state index contributed by atoms with van der Waals surface area (Å²) in [6.45, 7) is 3.30. The smallest absolute Gasteiger partial charge is 0.307 e. The van der Waals surface area contributed by atoms with Gasteiger partial charge in [0.1, 0.15) is 5.75 Å². The Balaban J connectivity index is 1.80. The highest BCUT2D eigenvalue weighted by Crippen LogP contribution is 2.30. The number of carboxylic acid groups (broad SMARTS) is 1. The summed E-state index contributed by atoms with van der Waals surface area (Å²) in [5.41, 5.74) is 0.983. The van der Waals surface area contributed by atoms with Crippen LogP contribution in [0.2, 0.25) is 0 Å². The van der Waals surface area contributed by atoms with Crippen LogP contribution in [0.15, 0.2) is 24.3 Å². The molecule has 0 heterocycles. The van der Waals surface area contributed by atoms with Gasteiger partial charge < -0.3 is 15.2 Å². The maximum absolute atomic E-state index is 12.4. The molecule has 0 saturated heterocycles. The number of amides is 1.